The molecule has 0 unspecified atom stereocenters. The Morgan fingerprint density at radius 1 is 0.931 bits per heavy atom. The first kappa shape index (κ1) is 22.6. The summed E-state index contributed by atoms with van der Waals surface area (Å²) in [4.78, 5) is 23.7. The molecule has 0 spiro atoms. The zero-order valence-corrected chi connectivity index (χ0v) is 16.0. The van der Waals surface area contributed by atoms with Gasteiger partial charge in [0.1, 0.15) is 17.3 Å². The molecule has 2 rings (SSSR count). The van der Waals surface area contributed by atoms with Gasteiger partial charge in [-0.05, 0) is 42.5 Å². The molecule has 0 heterocycles. The number of rotatable bonds is 6. The van der Waals surface area contributed by atoms with Crippen molar-refractivity contribution in [3.8, 4) is 0 Å². The third-order valence-electron chi connectivity index (χ3n) is 3.39. The highest BCUT2D eigenvalue weighted by atomic mass is 35.5. The Hall–Kier alpha value is -2.66. The van der Waals surface area contributed by atoms with Gasteiger partial charge in [-0.1, -0.05) is 11.6 Å². The molecule has 0 aliphatic rings. The molecule has 0 fully saturated rings. The molecule has 2 aromatic carbocycles. The average Bonchev–Trinajstić information content (AvgIpc) is 2.56. The Morgan fingerprint density at radius 2 is 1.48 bits per heavy atom. The van der Waals surface area contributed by atoms with Crippen LogP contribution in [0.25, 0.3) is 0 Å². The number of sulfone groups is 1. The minimum Gasteiger partial charge on any atom is -0.325 e. The molecule has 12 heteroatoms. The van der Waals surface area contributed by atoms with Crippen molar-refractivity contribution < 1.29 is 35.6 Å². The monoisotopic (exact) mass is 452 g/mol. The van der Waals surface area contributed by atoms with Crippen LogP contribution >= 0.6 is 11.6 Å². The van der Waals surface area contributed by atoms with Crippen LogP contribution in [0, 0.1) is 5.82 Å². The van der Waals surface area contributed by atoms with E-state index in [2.05, 4.69) is 5.32 Å². The second kappa shape index (κ2) is 8.78. The predicted molar refractivity (Wildman–Crippen MR) is 98.8 cm³/mol. The van der Waals surface area contributed by atoms with Crippen LogP contribution in [0.2, 0.25) is 5.02 Å². The molecule has 0 aliphatic heterocycles. The molecular weight excluding hydrogens is 440 g/mol. The number of carbonyl (C=O) groups excluding carboxylic acids is 2. The van der Waals surface area contributed by atoms with Gasteiger partial charge in [0.2, 0.25) is 11.8 Å². The quantitative estimate of drug-likeness (QED) is 0.656. The van der Waals surface area contributed by atoms with E-state index < -0.39 is 56.4 Å². The number of benzene rings is 2. The van der Waals surface area contributed by atoms with Crippen molar-refractivity contribution in [2.24, 2.45) is 0 Å². The fourth-order valence-corrected chi connectivity index (χ4v) is 3.44. The number of nitrogens with one attached hydrogen (secondary N) is 2. The number of halogens is 5. The van der Waals surface area contributed by atoms with Gasteiger partial charge in [0.05, 0.1) is 11.3 Å². The second-order valence-corrected chi connectivity index (χ2v) is 8.32. The van der Waals surface area contributed by atoms with E-state index >= 15 is 0 Å². The zero-order valence-electron chi connectivity index (χ0n) is 14.4. The number of carbonyl (C=O) groups is 2. The van der Waals surface area contributed by atoms with Crippen LogP contribution in [-0.4, -0.2) is 31.7 Å². The van der Waals surface area contributed by atoms with E-state index in [4.69, 9.17) is 11.6 Å². The van der Waals surface area contributed by atoms with Gasteiger partial charge in [0.25, 0.3) is 0 Å². The highest BCUT2D eigenvalue weighted by Gasteiger charge is 2.34. The largest absolute Gasteiger partial charge is 0.418 e. The topological polar surface area (TPSA) is 92.3 Å². The molecule has 29 heavy (non-hydrogen) atoms. The number of alkyl halides is 3. The Kier molecular flexibility index (Phi) is 6.85. The molecule has 2 N–H and O–H groups in total. The molecule has 2 amide bonds. The van der Waals surface area contributed by atoms with E-state index in [9.17, 15) is 35.6 Å². The van der Waals surface area contributed by atoms with Crippen LogP contribution in [0.1, 0.15) is 5.56 Å². The molecule has 0 aromatic heterocycles. The van der Waals surface area contributed by atoms with E-state index in [-0.39, 0.29) is 10.7 Å². The fraction of sp³-hybridized carbons (Fsp3) is 0.176. The first-order chi connectivity index (χ1) is 13.4. The molecule has 2 aromatic rings. The summed E-state index contributed by atoms with van der Waals surface area (Å²) in [5, 5.41) is 3.84. The zero-order chi connectivity index (χ0) is 21.8. The third-order valence-corrected chi connectivity index (χ3v) is 5.03. The van der Waals surface area contributed by atoms with Crippen LogP contribution in [0.15, 0.2) is 42.5 Å². The Bertz CT molecular complexity index is 1020. The van der Waals surface area contributed by atoms with Crippen molar-refractivity contribution in [1.29, 1.82) is 0 Å². The van der Waals surface area contributed by atoms with E-state index in [1.807, 2.05) is 5.32 Å². The molecule has 0 bridgehead atoms. The van der Waals surface area contributed by atoms with Crippen molar-refractivity contribution in [3.05, 3.63) is 58.9 Å². The van der Waals surface area contributed by atoms with Crippen LogP contribution in [-0.2, 0) is 25.6 Å². The minimum atomic E-state index is -4.83. The highest BCUT2D eigenvalue weighted by Crippen LogP contribution is 2.36. The lowest BCUT2D eigenvalue weighted by molar-refractivity contribution is -0.137. The molecule has 0 radical (unpaired) electrons. The van der Waals surface area contributed by atoms with Crippen molar-refractivity contribution in [2.45, 2.75) is 6.18 Å². The van der Waals surface area contributed by atoms with Gasteiger partial charge in [0, 0.05) is 10.7 Å². The second-order valence-electron chi connectivity index (χ2n) is 5.82. The predicted octanol–water partition coefficient (Wildman–Crippen LogP) is 3.49. The smallest absolute Gasteiger partial charge is 0.325 e. The van der Waals surface area contributed by atoms with E-state index in [0.29, 0.717) is 6.07 Å². The van der Waals surface area contributed by atoms with Crippen LogP contribution in [0.3, 0.4) is 0 Å². The lowest BCUT2D eigenvalue weighted by atomic mass is 10.1. The molecule has 0 atom stereocenters. The summed E-state index contributed by atoms with van der Waals surface area (Å²) in [6, 6.07) is 7.05. The van der Waals surface area contributed by atoms with Gasteiger partial charge in [-0.25, -0.2) is 12.8 Å². The summed E-state index contributed by atoms with van der Waals surface area (Å²) in [7, 11) is -4.29. The van der Waals surface area contributed by atoms with Crippen LogP contribution in [0.4, 0.5) is 28.9 Å². The lowest BCUT2D eigenvalue weighted by Crippen LogP contribution is -2.30. The SMILES string of the molecule is O=C(CS(=O)(=O)CC(=O)Nc1ccc(Cl)cc1C(F)(F)F)Nc1ccc(F)cc1. The standard InChI is InChI=1S/C17H13ClF4N2O4S/c18-10-1-6-14(13(7-10)17(20,21)22)24-16(26)9-29(27,28)8-15(25)23-12-4-2-11(19)3-5-12/h1-7H,8-9H2,(H,23,25)(H,24,26). The maximum Gasteiger partial charge on any atom is 0.418 e. The molecular formula is C17H13ClF4N2O4S. The van der Waals surface area contributed by atoms with E-state index in [0.717, 1.165) is 24.3 Å². The van der Waals surface area contributed by atoms with Crippen LogP contribution in [0.5, 0.6) is 0 Å². The van der Waals surface area contributed by atoms with Crippen LogP contribution < -0.4 is 10.6 Å². The average molecular weight is 453 g/mol. The van der Waals surface area contributed by atoms with Crippen molar-refractivity contribution in [1.82, 2.24) is 0 Å². The van der Waals surface area contributed by atoms with Crippen molar-refractivity contribution in [2.75, 3.05) is 22.1 Å². The maximum absolute atomic E-state index is 13.0. The van der Waals surface area contributed by atoms with Gasteiger partial charge in [-0.3, -0.25) is 9.59 Å². The van der Waals surface area contributed by atoms with E-state index in [1.54, 1.807) is 0 Å². The Morgan fingerprint density at radius 3 is 2.03 bits per heavy atom. The normalized spacial score (nSPS) is 11.8. The number of hydrogen-bond acceptors (Lipinski definition) is 4. The molecule has 6 nitrogen and oxygen atoms in total. The molecule has 0 aliphatic carbocycles. The third kappa shape index (κ3) is 7.02. The Balaban J connectivity index is 2.02. The maximum atomic E-state index is 13.0. The summed E-state index contributed by atoms with van der Waals surface area (Å²) in [6.45, 7) is 0. The number of anilines is 2. The summed E-state index contributed by atoms with van der Waals surface area (Å²) < 4.78 is 75.9. The number of hydrogen-bond donors (Lipinski definition) is 2. The van der Waals surface area contributed by atoms with Gasteiger partial charge in [0.15, 0.2) is 9.84 Å². The molecule has 156 valence electrons. The summed E-state index contributed by atoms with van der Waals surface area (Å²) in [5.41, 5.74) is -1.78. The first-order valence-corrected chi connectivity index (χ1v) is 9.98. The van der Waals surface area contributed by atoms with Gasteiger partial charge in [-0.2, -0.15) is 13.2 Å². The van der Waals surface area contributed by atoms with Crippen molar-refractivity contribution in [3.63, 3.8) is 0 Å². The molecule has 0 saturated heterocycles. The van der Waals surface area contributed by atoms with Crippen molar-refractivity contribution >= 4 is 44.6 Å². The number of amides is 2. The van der Waals surface area contributed by atoms with Gasteiger partial charge in [-0.15, -0.1) is 0 Å². The molecule has 0 saturated carbocycles. The summed E-state index contributed by atoms with van der Waals surface area (Å²) in [5.74, 6) is -5.12. The first-order valence-electron chi connectivity index (χ1n) is 7.78. The summed E-state index contributed by atoms with van der Waals surface area (Å²) in [6.07, 6.45) is -4.83. The van der Waals surface area contributed by atoms with E-state index in [1.165, 1.54) is 12.1 Å². The highest BCUT2D eigenvalue weighted by molar-refractivity contribution is 7.92. The summed E-state index contributed by atoms with van der Waals surface area (Å²) >= 11 is 5.52. The van der Waals surface area contributed by atoms with Gasteiger partial charge >= 0.3 is 6.18 Å². The fourth-order valence-electron chi connectivity index (χ4n) is 2.23. The Labute approximate surface area is 167 Å². The van der Waals surface area contributed by atoms with Gasteiger partial charge < -0.3 is 10.6 Å². The minimum absolute atomic E-state index is 0.132. The lowest BCUT2D eigenvalue weighted by Gasteiger charge is -2.14.